The molecular weight excluding hydrogens is 200 g/mol. The predicted octanol–water partition coefficient (Wildman–Crippen LogP) is 1.27. The van der Waals surface area contributed by atoms with Crippen molar-refractivity contribution in [2.45, 2.75) is 24.9 Å². The van der Waals surface area contributed by atoms with Crippen LogP contribution in [0.25, 0.3) is 0 Å². The highest BCUT2D eigenvalue weighted by molar-refractivity contribution is 5.28. The third-order valence-corrected chi connectivity index (χ3v) is 3.48. The van der Waals surface area contributed by atoms with E-state index in [0.29, 0.717) is 12.1 Å². The molecule has 88 valence electrons. The molecule has 2 rings (SSSR count). The number of hydrogen-bond donors (Lipinski definition) is 1. The molecule has 2 atom stereocenters. The summed E-state index contributed by atoms with van der Waals surface area (Å²) < 4.78 is 5.15. The largest absolute Gasteiger partial charge is 0.497 e. The zero-order valence-corrected chi connectivity index (χ0v) is 10.0. The number of likely N-dealkylation sites (tertiary alicyclic amines) is 1. The second-order valence-corrected chi connectivity index (χ2v) is 4.55. The minimum absolute atomic E-state index is 0.312. The first-order valence-electron chi connectivity index (χ1n) is 5.79. The second-order valence-electron chi connectivity index (χ2n) is 4.55. The molecule has 0 bridgehead atoms. The number of methoxy groups -OCH3 is 1. The lowest BCUT2D eigenvalue weighted by molar-refractivity contribution is 0.296. The number of likely N-dealkylation sites (N-methyl/N-ethyl adjacent to an activating group) is 1. The molecule has 1 saturated heterocycles. The first kappa shape index (κ1) is 11.4. The van der Waals surface area contributed by atoms with Crippen LogP contribution in [-0.4, -0.2) is 37.7 Å². The topological polar surface area (TPSA) is 38.5 Å². The predicted molar refractivity (Wildman–Crippen MR) is 65.7 cm³/mol. The zero-order valence-electron chi connectivity index (χ0n) is 10.0. The van der Waals surface area contributed by atoms with E-state index in [0.717, 1.165) is 25.1 Å². The maximum Gasteiger partial charge on any atom is 0.118 e. The van der Waals surface area contributed by atoms with Gasteiger partial charge in [-0.3, -0.25) is 0 Å². The first-order valence-corrected chi connectivity index (χ1v) is 5.79. The van der Waals surface area contributed by atoms with E-state index in [4.69, 9.17) is 10.5 Å². The summed E-state index contributed by atoms with van der Waals surface area (Å²) in [5.41, 5.74) is 7.44. The number of benzene rings is 1. The average Bonchev–Trinajstić information content (AvgIpc) is 2.62. The Kier molecular flexibility index (Phi) is 3.46. The Labute approximate surface area is 97.2 Å². The highest BCUT2D eigenvalue weighted by atomic mass is 16.5. The van der Waals surface area contributed by atoms with Gasteiger partial charge >= 0.3 is 0 Å². The van der Waals surface area contributed by atoms with E-state index in [1.54, 1.807) is 7.11 Å². The Balaban J connectivity index is 2.02. The van der Waals surface area contributed by atoms with E-state index >= 15 is 0 Å². The molecule has 0 spiro atoms. The van der Waals surface area contributed by atoms with Crippen LogP contribution in [0.4, 0.5) is 0 Å². The third kappa shape index (κ3) is 2.36. The Bertz CT molecular complexity index is 326. The molecule has 0 amide bonds. The summed E-state index contributed by atoms with van der Waals surface area (Å²) in [5, 5.41) is 0. The fourth-order valence-electron chi connectivity index (χ4n) is 2.35. The number of hydrogen-bond acceptors (Lipinski definition) is 3. The molecule has 2 unspecified atom stereocenters. The van der Waals surface area contributed by atoms with Crippen molar-refractivity contribution in [3.63, 3.8) is 0 Å². The third-order valence-electron chi connectivity index (χ3n) is 3.48. The molecule has 0 aromatic heterocycles. The molecule has 1 aromatic rings. The van der Waals surface area contributed by atoms with Crippen molar-refractivity contribution in [1.29, 1.82) is 0 Å². The van der Waals surface area contributed by atoms with Crippen LogP contribution < -0.4 is 10.5 Å². The molecule has 1 aliphatic rings. The molecule has 3 heteroatoms. The zero-order chi connectivity index (χ0) is 11.5. The van der Waals surface area contributed by atoms with Gasteiger partial charge in [0.1, 0.15) is 5.75 Å². The molecular formula is C13H20N2O. The summed E-state index contributed by atoms with van der Waals surface area (Å²) in [4.78, 5) is 2.36. The van der Waals surface area contributed by atoms with Gasteiger partial charge in [-0.05, 0) is 44.1 Å². The lowest BCUT2D eigenvalue weighted by Gasteiger charge is -2.22. The molecule has 16 heavy (non-hydrogen) atoms. The summed E-state index contributed by atoms with van der Waals surface area (Å²) in [6.07, 6.45) is 2.14. The smallest absolute Gasteiger partial charge is 0.118 e. The molecule has 0 radical (unpaired) electrons. The Morgan fingerprint density at radius 3 is 2.56 bits per heavy atom. The van der Waals surface area contributed by atoms with Gasteiger partial charge in [0.25, 0.3) is 0 Å². The van der Waals surface area contributed by atoms with Crippen molar-refractivity contribution in [2.75, 3.05) is 20.7 Å². The summed E-state index contributed by atoms with van der Waals surface area (Å²) in [5.74, 6) is 0.910. The molecule has 0 aliphatic carbocycles. The number of nitrogens with zero attached hydrogens (tertiary/aromatic N) is 1. The van der Waals surface area contributed by atoms with Gasteiger partial charge < -0.3 is 15.4 Å². The molecule has 1 aromatic carbocycles. The van der Waals surface area contributed by atoms with Crippen LogP contribution in [-0.2, 0) is 6.42 Å². The van der Waals surface area contributed by atoms with Crippen LogP contribution in [0.5, 0.6) is 5.75 Å². The monoisotopic (exact) mass is 220 g/mol. The van der Waals surface area contributed by atoms with Crippen molar-refractivity contribution in [2.24, 2.45) is 5.73 Å². The van der Waals surface area contributed by atoms with E-state index < -0.39 is 0 Å². The molecule has 2 N–H and O–H groups in total. The minimum atomic E-state index is 0.312. The summed E-state index contributed by atoms with van der Waals surface area (Å²) >= 11 is 0. The van der Waals surface area contributed by atoms with Crippen molar-refractivity contribution in [3.05, 3.63) is 29.8 Å². The van der Waals surface area contributed by atoms with Crippen LogP contribution >= 0.6 is 0 Å². The maximum atomic E-state index is 6.11. The Morgan fingerprint density at radius 2 is 2.06 bits per heavy atom. The molecule has 0 saturated carbocycles. The van der Waals surface area contributed by atoms with Crippen LogP contribution in [0, 0.1) is 0 Å². The molecule has 1 aliphatic heterocycles. The van der Waals surface area contributed by atoms with E-state index in [9.17, 15) is 0 Å². The van der Waals surface area contributed by atoms with Crippen LogP contribution in [0.2, 0.25) is 0 Å². The highest BCUT2D eigenvalue weighted by Crippen LogP contribution is 2.20. The number of ether oxygens (including phenoxy) is 1. The van der Waals surface area contributed by atoms with Gasteiger partial charge in [0.15, 0.2) is 0 Å². The van der Waals surface area contributed by atoms with Crippen LogP contribution in [0.3, 0.4) is 0 Å². The van der Waals surface area contributed by atoms with E-state index in [-0.39, 0.29) is 0 Å². The van der Waals surface area contributed by atoms with E-state index in [1.165, 1.54) is 5.56 Å². The lowest BCUT2D eigenvalue weighted by Crippen LogP contribution is -2.39. The summed E-state index contributed by atoms with van der Waals surface area (Å²) in [6, 6.07) is 9.06. The lowest BCUT2D eigenvalue weighted by atomic mass is 10.0. The quantitative estimate of drug-likeness (QED) is 0.833. The van der Waals surface area contributed by atoms with E-state index in [1.807, 2.05) is 12.1 Å². The average molecular weight is 220 g/mol. The van der Waals surface area contributed by atoms with Gasteiger partial charge in [0.05, 0.1) is 7.11 Å². The number of rotatable bonds is 3. The van der Waals surface area contributed by atoms with Gasteiger partial charge in [0, 0.05) is 12.1 Å². The Hall–Kier alpha value is -1.06. The summed E-state index contributed by atoms with van der Waals surface area (Å²) in [7, 11) is 3.84. The second kappa shape index (κ2) is 4.85. The van der Waals surface area contributed by atoms with Gasteiger partial charge in [-0.15, -0.1) is 0 Å². The van der Waals surface area contributed by atoms with Gasteiger partial charge in [0.2, 0.25) is 0 Å². The van der Waals surface area contributed by atoms with Gasteiger partial charge in [-0.2, -0.15) is 0 Å². The van der Waals surface area contributed by atoms with Crippen molar-refractivity contribution >= 4 is 0 Å². The fourth-order valence-corrected chi connectivity index (χ4v) is 2.35. The molecule has 1 heterocycles. The van der Waals surface area contributed by atoms with Crippen molar-refractivity contribution in [3.8, 4) is 5.75 Å². The molecule has 1 fully saturated rings. The first-order chi connectivity index (χ1) is 7.70. The number of nitrogens with two attached hydrogens (primary N) is 1. The SMILES string of the molecule is COc1ccc(CC2C(N)CCN2C)cc1. The Morgan fingerprint density at radius 1 is 1.38 bits per heavy atom. The normalized spacial score (nSPS) is 25.9. The van der Waals surface area contributed by atoms with E-state index in [2.05, 4.69) is 24.1 Å². The highest BCUT2D eigenvalue weighted by Gasteiger charge is 2.28. The molecule has 3 nitrogen and oxygen atoms in total. The summed E-state index contributed by atoms with van der Waals surface area (Å²) in [6.45, 7) is 1.11. The fraction of sp³-hybridized carbons (Fsp3) is 0.538. The standard InChI is InChI=1S/C13H20N2O/c1-15-8-7-12(14)13(15)9-10-3-5-11(16-2)6-4-10/h3-6,12-13H,7-9,14H2,1-2H3. The van der Waals surface area contributed by atoms with Gasteiger partial charge in [-0.25, -0.2) is 0 Å². The van der Waals surface area contributed by atoms with Crippen molar-refractivity contribution < 1.29 is 4.74 Å². The van der Waals surface area contributed by atoms with Gasteiger partial charge in [-0.1, -0.05) is 12.1 Å². The minimum Gasteiger partial charge on any atom is -0.497 e. The van der Waals surface area contributed by atoms with Crippen LogP contribution in [0.15, 0.2) is 24.3 Å². The van der Waals surface area contributed by atoms with Crippen molar-refractivity contribution in [1.82, 2.24) is 4.90 Å². The van der Waals surface area contributed by atoms with Crippen LogP contribution in [0.1, 0.15) is 12.0 Å². The maximum absolute atomic E-state index is 6.11.